The lowest BCUT2D eigenvalue weighted by molar-refractivity contribution is -0.143. The third-order valence-electron chi connectivity index (χ3n) is 6.94. The molecule has 1 aliphatic rings. The molecular formula is C26H36F5N5O3S. The SMILES string of the molecule is CC[C@H](Nc1cc(C(F)F)c(C(=S)C(/N=C(\C)C(=O)N[C@@H](C)C(C)(C)O)C(=O)N2CCC[C@@H]2C)cn1)C(F)(F)F. The lowest BCUT2D eigenvalue weighted by Gasteiger charge is -2.28. The lowest BCUT2D eigenvalue weighted by Crippen LogP contribution is -2.49. The summed E-state index contributed by atoms with van der Waals surface area (Å²) in [4.78, 5) is 35.6. The van der Waals surface area contributed by atoms with Crippen molar-refractivity contribution >= 4 is 40.4 Å². The zero-order valence-corrected chi connectivity index (χ0v) is 24.1. The van der Waals surface area contributed by atoms with E-state index in [1.165, 1.54) is 32.6 Å². The van der Waals surface area contributed by atoms with E-state index in [9.17, 15) is 36.6 Å². The van der Waals surface area contributed by atoms with Gasteiger partial charge < -0.3 is 20.6 Å². The quantitative estimate of drug-likeness (QED) is 0.150. The molecule has 0 spiro atoms. The van der Waals surface area contributed by atoms with Gasteiger partial charge in [0.1, 0.15) is 11.9 Å². The molecule has 4 atom stereocenters. The monoisotopic (exact) mass is 593 g/mol. The Kier molecular flexibility index (Phi) is 11.1. The molecule has 1 fully saturated rings. The van der Waals surface area contributed by atoms with E-state index >= 15 is 0 Å². The molecule has 40 heavy (non-hydrogen) atoms. The van der Waals surface area contributed by atoms with Gasteiger partial charge in [0.15, 0.2) is 6.04 Å². The first-order valence-corrected chi connectivity index (χ1v) is 13.3. The second-order valence-electron chi connectivity index (χ2n) is 10.5. The summed E-state index contributed by atoms with van der Waals surface area (Å²) < 4.78 is 67.9. The molecule has 2 amide bonds. The van der Waals surface area contributed by atoms with Crippen LogP contribution < -0.4 is 10.6 Å². The smallest absolute Gasteiger partial charge is 0.388 e. The van der Waals surface area contributed by atoms with Gasteiger partial charge in [-0.2, -0.15) is 13.2 Å². The number of amides is 2. The zero-order chi connectivity index (χ0) is 30.6. The highest BCUT2D eigenvalue weighted by atomic mass is 32.1. The van der Waals surface area contributed by atoms with Crippen LogP contribution in [0.3, 0.4) is 0 Å². The molecule has 8 nitrogen and oxygen atoms in total. The third-order valence-corrected chi connectivity index (χ3v) is 7.38. The maximum atomic E-state index is 14.1. The van der Waals surface area contributed by atoms with Gasteiger partial charge in [-0.1, -0.05) is 19.1 Å². The van der Waals surface area contributed by atoms with E-state index in [0.717, 1.165) is 12.3 Å². The summed E-state index contributed by atoms with van der Waals surface area (Å²) in [6.07, 6.45) is -5.84. The Labute approximate surface area is 235 Å². The van der Waals surface area contributed by atoms with Gasteiger partial charge in [-0.3, -0.25) is 14.6 Å². The number of nitrogens with zero attached hydrogens (tertiary/aromatic N) is 3. The largest absolute Gasteiger partial charge is 0.408 e. The Balaban J connectivity index is 2.52. The molecule has 224 valence electrons. The van der Waals surface area contributed by atoms with E-state index in [4.69, 9.17) is 12.2 Å². The van der Waals surface area contributed by atoms with Crippen LogP contribution in [0.25, 0.3) is 0 Å². The Morgan fingerprint density at radius 2 is 1.93 bits per heavy atom. The van der Waals surface area contributed by atoms with E-state index < -0.39 is 59.5 Å². The van der Waals surface area contributed by atoms with Crippen molar-refractivity contribution in [2.45, 2.75) is 103 Å². The summed E-state index contributed by atoms with van der Waals surface area (Å²) in [7, 11) is 0. The van der Waals surface area contributed by atoms with Gasteiger partial charge in [0, 0.05) is 29.9 Å². The lowest BCUT2D eigenvalue weighted by atomic mass is 10.00. The maximum Gasteiger partial charge on any atom is 0.408 e. The van der Waals surface area contributed by atoms with E-state index in [2.05, 4.69) is 20.6 Å². The number of carbonyl (C=O) groups excluding carboxylic acids is 2. The fourth-order valence-corrected chi connectivity index (χ4v) is 4.38. The summed E-state index contributed by atoms with van der Waals surface area (Å²) in [6.45, 7) is 9.37. The van der Waals surface area contributed by atoms with Crippen LogP contribution in [0.1, 0.15) is 78.4 Å². The van der Waals surface area contributed by atoms with Gasteiger partial charge in [-0.05, 0) is 59.9 Å². The fourth-order valence-electron chi connectivity index (χ4n) is 4.05. The van der Waals surface area contributed by atoms with Crippen molar-refractivity contribution in [2.24, 2.45) is 4.99 Å². The number of rotatable bonds is 11. The number of anilines is 1. The Hall–Kier alpha value is -2.74. The number of alkyl halides is 5. The van der Waals surface area contributed by atoms with Crippen molar-refractivity contribution in [3.8, 4) is 0 Å². The molecule has 0 saturated carbocycles. The van der Waals surface area contributed by atoms with E-state index in [-0.39, 0.29) is 28.6 Å². The van der Waals surface area contributed by atoms with Crippen molar-refractivity contribution in [1.82, 2.24) is 15.2 Å². The summed E-state index contributed by atoms with van der Waals surface area (Å²) in [5.41, 5.74) is -2.49. The van der Waals surface area contributed by atoms with Crippen molar-refractivity contribution in [3.63, 3.8) is 0 Å². The molecule has 1 aliphatic heterocycles. The van der Waals surface area contributed by atoms with Crippen LogP contribution in [0.4, 0.5) is 27.8 Å². The number of thiocarbonyl (C=S) groups is 1. The molecule has 2 rings (SSSR count). The van der Waals surface area contributed by atoms with Gasteiger partial charge in [0.2, 0.25) is 0 Å². The predicted molar refractivity (Wildman–Crippen MR) is 146 cm³/mol. The third kappa shape index (κ3) is 8.38. The topological polar surface area (TPSA) is 107 Å². The van der Waals surface area contributed by atoms with Gasteiger partial charge >= 0.3 is 6.18 Å². The summed E-state index contributed by atoms with van der Waals surface area (Å²) in [5, 5.41) is 14.8. The van der Waals surface area contributed by atoms with E-state index in [1.807, 2.05) is 6.92 Å². The van der Waals surface area contributed by atoms with Crippen LogP contribution in [0.2, 0.25) is 0 Å². The number of hydrogen-bond acceptors (Lipinski definition) is 7. The minimum Gasteiger partial charge on any atom is -0.388 e. The second kappa shape index (κ2) is 13.3. The molecule has 0 bridgehead atoms. The van der Waals surface area contributed by atoms with Crippen molar-refractivity contribution < 1.29 is 36.6 Å². The number of hydrogen-bond donors (Lipinski definition) is 3. The van der Waals surface area contributed by atoms with Gasteiger partial charge in [0.05, 0.1) is 22.2 Å². The Morgan fingerprint density at radius 1 is 1.30 bits per heavy atom. The number of aromatic nitrogens is 1. The number of nitrogens with one attached hydrogen (secondary N) is 2. The number of aliphatic imine (C=N–C) groups is 1. The molecule has 1 unspecified atom stereocenters. The number of pyridine rings is 1. The first kappa shape index (κ1) is 33.5. The highest BCUT2D eigenvalue weighted by molar-refractivity contribution is 7.81. The molecule has 0 radical (unpaired) electrons. The molecule has 0 aromatic carbocycles. The van der Waals surface area contributed by atoms with Crippen LogP contribution in [0.15, 0.2) is 17.3 Å². The van der Waals surface area contributed by atoms with E-state index in [0.29, 0.717) is 19.4 Å². The van der Waals surface area contributed by atoms with Crippen LogP contribution in [0.5, 0.6) is 0 Å². The Bertz CT molecular complexity index is 1120. The molecule has 1 aromatic heterocycles. The Morgan fingerprint density at radius 3 is 2.40 bits per heavy atom. The van der Waals surface area contributed by atoms with E-state index in [1.54, 1.807) is 6.92 Å². The highest BCUT2D eigenvalue weighted by Crippen LogP contribution is 2.30. The molecule has 1 saturated heterocycles. The molecule has 0 aliphatic carbocycles. The van der Waals surface area contributed by atoms with Gasteiger partial charge in [0.25, 0.3) is 18.2 Å². The molecule has 1 aromatic rings. The number of aliphatic hydroxyl groups is 1. The highest BCUT2D eigenvalue weighted by Gasteiger charge is 2.39. The minimum atomic E-state index is -4.63. The molecular weight excluding hydrogens is 557 g/mol. The predicted octanol–water partition coefficient (Wildman–Crippen LogP) is 4.61. The summed E-state index contributed by atoms with van der Waals surface area (Å²) in [5.74, 6) is -1.72. The first-order chi connectivity index (χ1) is 18.4. The van der Waals surface area contributed by atoms with Crippen LogP contribution in [0, 0.1) is 0 Å². The number of likely N-dealkylation sites (tertiary alicyclic amines) is 1. The van der Waals surface area contributed by atoms with Gasteiger partial charge in [-0.25, -0.2) is 13.8 Å². The van der Waals surface area contributed by atoms with Crippen molar-refractivity contribution in [1.29, 1.82) is 0 Å². The minimum absolute atomic E-state index is 0.176. The standard InChI is InChI=1S/C26H36F5N5O3S/c1-7-18(26(29,30)31)35-19-11-16(22(27)28)17(12-32-19)21(40)20(24(38)36-10-8-9-13(36)2)33-14(3)23(37)34-15(4)25(5,6)39/h11-13,15,18,20,22,39H,7-10H2,1-6H3,(H,32,35)(H,34,37)/b33-14+/t13-,15-,18-,20?/m0/s1. The van der Waals surface area contributed by atoms with Crippen LogP contribution in [-0.2, 0) is 9.59 Å². The van der Waals surface area contributed by atoms with Crippen molar-refractivity contribution in [3.05, 3.63) is 23.4 Å². The average molecular weight is 594 g/mol. The van der Waals surface area contributed by atoms with Crippen LogP contribution >= 0.6 is 12.2 Å². The normalized spacial score (nSPS) is 18.9. The maximum absolute atomic E-state index is 14.1. The zero-order valence-electron chi connectivity index (χ0n) is 23.3. The van der Waals surface area contributed by atoms with Crippen LogP contribution in [-0.4, -0.2) is 79.9 Å². The first-order valence-electron chi connectivity index (χ1n) is 12.9. The summed E-state index contributed by atoms with van der Waals surface area (Å²) >= 11 is 5.46. The number of carbonyl (C=O) groups is 2. The van der Waals surface area contributed by atoms with Gasteiger partial charge in [-0.15, -0.1) is 0 Å². The van der Waals surface area contributed by atoms with Crippen molar-refractivity contribution in [2.75, 3.05) is 11.9 Å². The number of halogens is 5. The molecule has 3 N–H and O–H groups in total. The molecule has 2 heterocycles. The average Bonchev–Trinajstić information content (AvgIpc) is 3.28. The summed E-state index contributed by atoms with van der Waals surface area (Å²) in [6, 6.07) is -3.65. The second-order valence-corrected chi connectivity index (χ2v) is 10.9. The molecule has 14 heteroatoms. The fraction of sp³-hybridized carbons (Fsp3) is 0.654.